The van der Waals surface area contributed by atoms with E-state index in [1.807, 2.05) is 0 Å². The van der Waals surface area contributed by atoms with Gasteiger partial charge in [-0.2, -0.15) is 0 Å². The van der Waals surface area contributed by atoms with E-state index in [9.17, 15) is 14.4 Å². The van der Waals surface area contributed by atoms with Crippen LogP contribution in [0.3, 0.4) is 0 Å². The first-order chi connectivity index (χ1) is 7.38. The molecule has 2 unspecified atom stereocenters. The number of methoxy groups -OCH3 is 1. The van der Waals surface area contributed by atoms with Crippen molar-refractivity contribution in [2.24, 2.45) is 11.8 Å². The Morgan fingerprint density at radius 3 is 2.12 bits per heavy atom. The van der Waals surface area contributed by atoms with Gasteiger partial charge in [-0.05, 0) is 12.8 Å². The van der Waals surface area contributed by atoms with Crippen molar-refractivity contribution in [1.82, 2.24) is 0 Å². The Morgan fingerprint density at radius 1 is 1.19 bits per heavy atom. The predicted molar refractivity (Wildman–Crippen MR) is 53.8 cm³/mol. The van der Waals surface area contributed by atoms with Gasteiger partial charge in [-0.15, -0.1) is 0 Å². The predicted octanol–water partition coefficient (Wildman–Crippen LogP) is 0.751. The Balaban J connectivity index is 4.23. The molecular weight excluding hydrogens is 216 g/mol. The van der Waals surface area contributed by atoms with Gasteiger partial charge in [-0.25, -0.2) is 0 Å². The van der Waals surface area contributed by atoms with Crippen LogP contribution in [-0.2, 0) is 19.1 Å². The summed E-state index contributed by atoms with van der Waals surface area (Å²) in [5.41, 5.74) is 0. The summed E-state index contributed by atoms with van der Waals surface area (Å²) in [4.78, 5) is 32.2. The van der Waals surface area contributed by atoms with Crippen LogP contribution in [0.4, 0.5) is 0 Å². The van der Waals surface area contributed by atoms with E-state index >= 15 is 0 Å². The molecule has 0 heterocycles. The number of ether oxygens (including phenoxy) is 1. The normalized spacial score (nSPS) is 13.9. The SMILES string of the molecule is COC(=O)CCC(CC(C)C(=O)O)C(=O)O. The second kappa shape index (κ2) is 6.81. The minimum Gasteiger partial charge on any atom is -0.481 e. The molecule has 6 nitrogen and oxygen atoms in total. The zero-order valence-electron chi connectivity index (χ0n) is 9.30. The topological polar surface area (TPSA) is 101 Å². The van der Waals surface area contributed by atoms with Gasteiger partial charge in [0.05, 0.1) is 18.9 Å². The van der Waals surface area contributed by atoms with E-state index in [0.29, 0.717) is 0 Å². The van der Waals surface area contributed by atoms with Crippen LogP contribution in [0, 0.1) is 11.8 Å². The third-order valence-electron chi connectivity index (χ3n) is 2.33. The van der Waals surface area contributed by atoms with Gasteiger partial charge in [-0.1, -0.05) is 6.92 Å². The summed E-state index contributed by atoms with van der Waals surface area (Å²) in [7, 11) is 1.22. The smallest absolute Gasteiger partial charge is 0.306 e. The van der Waals surface area contributed by atoms with Crippen molar-refractivity contribution in [3.8, 4) is 0 Å². The molecule has 16 heavy (non-hydrogen) atoms. The molecule has 6 heteroatoms. The first-order valence-electron chi connectivity index (χ1n) is 4.90. The monoisotopic (exact) mass is 232 g/mol. The Bertz CT molecular complexity index is 272. The lowest BCUT2D eigenvalue weighted by atomic mass is 9.92. The molecule has 0 aliphatic carbocycles. The molecular formula is C10H16O6. The molecule has 0 spiro atoms. The lowest BCUT2D eigenvalue weighted by Gasteiger charge is -2.13. The standard InChI is InChI=1S/C10H16O6/c1-6(9(12)13)5-7(10(14)15)3-4-8(11)16-2/h6-7H,3-5H2,1-2H3,(H,12,13)(H,14,15). The van der Waals surface area contributed by atoms with Gasteiger partial charge < -0.3 is 14.9 Å². The summed E-state index contributed by atoms with van der Waals surface area (Å²) < 4.78 is 4.38. The van der Waals surface area contributed by atoms with Crippen molar-refractivity contribution in [2.45, 2.75) is 26.2 Å². The molecule has 2 atom stereocenters. The summed E-state index contributed by atoms with van der Waals surface area (Å²) >= 11 is 0. The summed E-state index contributed by atoms with van der Waals surface area (Å²) in [6.07, 6.45) is 0.0983. The van der Waals surface area contributed by atoms with E-state index < -0.39 is 29.7 Å². The lowest BCUT2D eigenvalue weighted by Crippen LogP contribution is -2.22. The van der Waals surface area contributed by atoms with Crippen LogP contribution < -0.4 is 0 Å². The maximum Gasteiger partial charge on any atom is 0.306 e. The second-order valence-corrected chi connectivity index (χ2v) is 3.62. The van der Waals surface area contributed by atoms with Crippen molar-refractivity contribution in [3.05, 3.63) is 0 Å². The molecule has 0 saturated heterocycles. The molecule has 2 N–H and O–H groups in total. The Kier molecular flexibility index (Phi) is 6.14. The molecule has 0 aromatic rings. The fourth-order valence-electron chi connectivity index (χ4n) is 1.26. The van der Waals surface area contributed by atoms with Crippen molar-refractivity contribution in [3.63, 3.8) is 0 Å². The molecule has 0 rings (SSSR count). The number of rotatable bonds is 7. The van der Waals surface area contributed by atoms with Crippen LogP contribution >= 0.6 is 0 Å². The first kappa shape index (κ1) is 14.4. The van der Waals surface area contributed by atoms with Crippen LogP contribution in [0.5, 0.6) is 0 Å². The van der Waals surface area contributed by atoms with Crippen LogP contribution in [-0.4, -0.2) is 35.2 Å². The van der Waals surface area contributed by atoms with Crippen LogP contribution in [0.2, 0.25) is 0 Å². The van der Waals surface area contributed by atoms with E-state index in [1.165, 1.54) is 14.0 Å². The summed E-state index contributed by atoms with van der Waals surface area (Å²) in [6.45, 7) is 1.44. The number of carboxylic acids is 2. The van der Waals surface area contributed by atoms with E-state index in [2.05, 4.69) is 4.74 Å². The largest absolute Gasteiger partial charge is 0.481 e. The van der Waals surface area contributed by atoms with Gasteiger partial charge in [0.15, 0.2) is 0 Å². The van der Waals surface area contributed by atoms with Gasteiger partial charge in [-0.3, -0.25) is 14.4 Å². The highest BCUT2D eigenvalue weighted by Gasteiger charge is 2.24. The van der Waals surface area contributed by atoms with Gasteiger partial charge >= 0.3 is 17.9 Å². The Labute approximate surface area is 93.2 Å². The molecule has 0 radical (unpaired) electrons. The summed E-state index contributed by atoms with van der Waals surface area (Å²) in [5.74, 6) is -4.18. The fraction of sp³-hybridized carbons (Fsp3) is 0.700. The van der Waals surface area contributed by atoms with Crippen molar-refractivity contribution < 1.29 is 29.3 Å². The molecule has 0 saturated carbocycles. The average molecular weight is 232 g/mol. The number of aliphatic carboxylic acids is 2. The highest BCUT2D eigenvalue weighted by molar-refractivity contribution is 5.74. The molecule has 0 bridgehead atoms. The van der Waals surface area contributed by atoms with E-state index in [0.717, 1.165) is 0 Å². The Morgan fingerprint density at radius 2 is 1.75 bits per heavy atom. The van der Waals surface area contributed by atoms with Crippen molar-refractivity contribution >= 4 is 17.9 Å². The third-order valence-corrected chi connectivity index (χ3v) is 2.33. The number of carbonyl (C=O) groups excluding carboxylic acids is 1. The van der Waals surface area contributed by atoms with E-state index in [1.54, 1.807) is 0 Å². The fourth-order valence-corrected chi connectivity index (χ4v) is 1.26. The highest BCUT2D eigenvalue weighted by Crippen LogP contribution is 2.18. The zero-order valence-corrected chi connectivity index (χ0v) is 9.30. The van der Waals surface area contributed by atoms with E-state index in [4.69, 9.17) is 10.2 Å². The molecule has 92 valence electrons. The number of hydrogen-bond donors (Lipinski definition) is 2. The summed E-state index contributed by atoms with van der Waals surface area (Å²) in [6, 6.07) is 0. The highest BCUT2D eigenvalue weighted by atomic mass is 16.5. The first-order valence-corrected chi connectivity index (χ1v) is 4.90. The lowest BCUT2D eigenvalue weighted by molar-refractivity contribution is -0.146. The number of carboxylic acid groups (broad SMARTS) is 2. The number of hydrogen-bond acceptors (Lipinski definition) is 4. The maximum absolute atomic E-state index is 10.8. The zero-order chi connectivity index (χ0) is 12.7. The van der Waals surface area contributed by atoms with Crippen molar-refractivity contribution in [2.75, 3.05) is 7.11 Å². The van der Waals surface area contributed by atoms with Gasteiger partial charge in [0.2, 0.25) is 0 Å². The maximum atomic E-state index is 10.8. The summed E-state index contributed by atoms with van der Waals surface area (Å²) in [5, 5.41) is 17.5. The molecule has 0 amide bonds. The minimum atomic E-state index is -1.09. The average Bonchev–Trinajstić information content (AvgIpc) is 2.22. The third kappa shape index (κ3) is 5.33. The molecule has 0 aliphatic heterocycles. The molecule has 0 aromatic carbocycles. The number of esters is 1. The number of carbonyl (C=O) groups is 3. The Hall–Kier alpha value is -1.59. The van der Waals surface area contributed by atoms with Crippen LogP contribution in [0.1, 0.15) is 26.2 Å². The van der Waals surface area contributed by atoms with Crippen molar-refractivity contribution in [1.29, 1.82) is 0 Å². The van der Waals surface area contributed by atoms with Gasteiger partial charge in [0.25, 0.3) is 0 Å². The van der Waals surface area contributed by atoms with Gasteiger partial charge in [0, 0.05) is 6.42 Å². The minimum absolute atomic E-state index is 0.0141. The molecule has 0 aromatic heterocycles. The van der Waals surface area contributed by atoms with Gasteiger partial charge in [0.1, 0.15) is 0 Å². The second-order valence-electron chi connectivity index (χ2n) is 3.62. The molecule has 0 aliphatic rings. The van der Waals surface area contributed by atoms with E-state index in [-0.39, 0.29) is 19.3 Å². The van der Waals surface area contributed by atoms with Crippen LogP contribution in [0.25, 0.3) is 0 Å². The quantitative estimate of drug-likeness (QED) is 0.628. The molecule has 0 fully saturated rings. The van der Waals surface area contributed by atoms with Crippen LogP contribution in [0.15, 0.2) is 0 Å².